The number of rotatable bonds is 8. The Balaban J connectivity index is 1.13. The van der Waals surface area contributed by atoms with E-state index < -0.39 is 5.60 Å². The summed E-state index contributed by atoms with van der Waals surface area (Å²) in [5, 5.41) is 27.7. The Labute approximate surface area is 255 Å². The van der Waals surface area contributed by atoms with Crippen molar-refractivity contribution in [1.82, 2.24) is 24.9 Å². The number of nitrogens with zero attached hydrogens (tertiary/aromatic N) is 6. The van der Waals surface area contributed by atoms with Crippen molar-refractivity contribution in [3.05, 3.63) is 66.2 Å². The second-order valence-corrected chi connectivity index (χ2v) is 13.0. The predicted octanol–water partition coefficient (Wildman–Crippen LogP) is 4.14. The van der Waals surface area contributed by atoms with Gasteiger partial charge in [-0.15, -0.1) is 0 Å². The van der Waals surface area contributed by atoms with Gasteiger partial charge in [-0.25, -0.2) is 14.5 Å². The number of carbonyl (C=O) groups is 1. The molecule has 1 amide bonds. The summed E-state index contributed by atoms with van der Waals surface area (Å²) in [6.45, 7) is 3.48. The van der Waals surface area contributed by atoms with Crippen LogP contribution in [-0.4, -0.2) is 67.5 Å². The summed E-state index contributed by atoms with van der Waals surface area (Å²) in [6, 6.07) is 12.2. The van der Waals surface area contributed by atoms with Gasteiger partial charge in [0.25, 0.3) is 5.91 Å². The standard InChI is InChI=1S/C33H35N7O4/c1-32(2,42)19-44-26-10-27(30-23(14-34)17-37-39(30)18-26)21-4-6-28(35-15-21)40-24-8-20-9-25(40)13-33(11-20,12-24)38-31(41)22-5-7-29(43-3)36-16-22/h4-7,10,15-18,20,24-25,42H,8-9,11-13,19H2,1-3H3,(H,38,41). The molecule has 2 atom stereocenters. The fraction of sp³-hybridized carbons (Fsp3) is 0.424. The van der Waals surface area contributed by atoms with Gasteiger partial charge in [-0.1, -0.05) is 0 Å². The first-order chi connectivity index (χ1) is 21.1. The van der Waals surface area contributed by atoms with Crippen LogP contribution in [0.15, 0.2) is 55.1 Å². The third kappa shape index (κ3) is 5.09. The molecule has 6 heterocycles. The van der Waals surface area contributed by atoms with Crippen LogP contribution < -0.4 is 19.7 Å². The van der Waals surface area contributed by atoms with E-state index in [1.54, 1.807) is 56.2 Å². The van der Waals surface area contributed by atoms with E-state index in [1.165, 1.54) is 0 Å². The van der Waals surface area contributed by atoms with Gasteiger partial charge in [0, 0.05) is 47.2 Å². The number of pyridine rings is 3. The molecule has 2 N–H and O–H groups in total. The Kier molecular flexibility index (Phi) is 6.70. The first-order valence-corrected chi connectivity index (χ1v) is 15.0. The number of amides is 1. The molecule has 0 aromatic carbocycles. The average Bonchev–Trinajstić information content (AvgIpc) is 3.42. The third-order valence-electron chi connectivity index (χ3n) is 9.14. The van der Waals surface area contributed by atoms with Crippen LogP contribution in [-0.2, 0) is 0 Å². The molecule has 2 aliphatic heterocycles. The summed E-state index contributed by atoms with van der Waals surface area (Å²) in [4.78, 5) is 24.8. The maximum Gasteiger partial charge on any atom is 0.253 e. The van der Waals surface area contributed by atoms with Crippen LogP contribution in [0.1, 0.15) is 61.9 Å². The van der Waals surface area contributed by atoms with Crippen LogP contribution in [0.2, 0.25) is 0 Å². The third-order valence-corrected chi connectivity index (χ3v) is 9.14. The second-order valence-electron chi connectivity index (χ2n) is 13.0. The van der Waals surface area contributed by atoms with E-state index in [0.717, 1.165) is 49.0 Å². The summed E-state index contributed by atoms with van der Waals surface area (Å²) >= 11 is 0. The van der Waals surface area contributed by atoms with Gasteiger partial charge < -0.3 is 24.8 Å². The Morgan fingerprint density at radius 1 is 1.14 bits per heavy atom. The molecule has 2 unspecified atom stereocenters. The zero-order valence-corrected chi connectivity index (χ0v) is 25.0. The highest BCUT2D eigenvalue weighted by Crippen LogP contribution is 2.52. The van der Waals surface area contributed by atoms with Gasteiger partial charge >= 0.3 is 0 Å². The van der Waals surface area contributed by atoms with Crippen molar-refractivity contribution in [3.8, 4) is 28.8 Å². The SMILES string of the molecule is COc1ccc(C(=O)NC23CC4CC(C2)N(c2ccc(-c5cc(OCC(C)(C)O)cn6ncc(C#N)c56)cn2)C(C4)C3)cn1. The van der Waals surface area contributed by atoms with E-state index in [1.807, 2.05) is 18.3 Å². The molecule has 4 aliphatic rings. The number of nitriles is 1. The van der Waals surface area contributed by atoms with Crippen molar-refractivity contribution in [2.24, 2.45) is 5.92 Å². The fourth-order valence-electron chi connectivity index (χ4n) is 7.54. The molecule has 226 valence electrons. The van der Waals surface area contributed by atoms with E-state index in [-0.39, 0.29) is 18.1 Å². The number of nitrogens with one attached hydrogen (secondary N) is 1. The molecule has 4 aromatic heterocycles. The quantitative estimate of drug-likeness (QED) is 0.309. The van der Waals surface area contributed by atoms with Crippen molar-refractivity contribution in [3.63, 3.8) is 0 Å². The highest BCUT2D eigenvalue weighted by molar-refractivity contribution is 5.94. The summed E-state index contributed by atoms with van der Waals surface area (Å²) in [7, 11) is 1.56. The number of hydrogen-bond donors (Lipinski definition) is 2. The molecule has 4 bridgehead atoms. The molecule has 2 saturated carbocycles. The Bertz CT molecular complexity index is 1740. The van der Waals surface area contributed by atoms with Gasteiger partial charge in [0.15, 0.2) is 0 Å². The van der Waals surface area contributed by atoms with Crippen LogP contribution in [0, 0.1) is 17.2 Å². The lowest BCUT2D eigenvalue weighted by Gasteiger charge is -2.62. The zero-order valence-electron chi connectivity index (χ0n) is 25.0. The Hall–Kier alpha value is -4.69. The van der Waals surface area contributed by atoms with E-state index in [2.05, 4.69) is 32.4 Å². The van der Waals surface area contributed by atoms with E-state index in [4.69, 9.17) is 14.5 Å². The molecular formula is C33H35N7O4. The molecule has 4 aromatic rings. The largest absolute Gasteiger partial charge is 0.489 e. The highest BCUT2D eigenvalue weighted by atomic mass is 16.5. The molecule has 0 spiro atoms. The first kappa shape index (κ1) is 28.1. The van der Waals surface area contributed by atoms with Gasteiger partial charge in [-0.05, 0) is 76.1 Å². The van der Waals surface area contributed by atoms with Crippen LogP contribution in [0.25, 0.3) is 16.6 Å². The number of carbonyl (C=O) groups excluding carboxylic acids is 1. The number of methoxy groups -OCH3 is 1. The van der Waals surface area contributed by atoms with Crippen LogP contribution >= 0.6 is 0 Å². The molecular weight excluding hydrogens is 558 g/mol. The van der Waals surface area contributed by atoms with Gasteiger partial charge in [-0.2, -0.15) is 10.4 Å². The minimum absolute atomic E-state index is 0.0900. The monoisotopic (exact) mass is 593 g/mol. The minimum Gasteiger partial charge on any atom is -0.489 e. The predicted molar refractivity (Wildman–Crippen MR) is 163 cm³/mol. The lowest BCUT2D eigenvalue weighted by atomic mass is 9.59. The summed E-state index contributed by atoms with van der Waals surface area (Å²) in [5.74, 6) is 2.42. The van der Waals surface area contributed by atoms with Gasteiger partial charge in [0.05, 0.1) is 41.7 Å². The average molecular weight is 594 g/mol. The number of aromatic nitrogens is 4. The number of ether oxygens (including phenoxy) is 2. The van der Waals surface area contributed by atoms with Crippen molar-refractivity contribution in [2.75, 3.05) is 18.6 Å². The Morgan fingerprint density at radius 3 is 2.57 bits per heavy atom. The summed E-state index contributed by atoms with van der Waals surface area (Å²) in [5.41, 5.74) is 2.07. The van der Waals surface area contributed by atoms with Gasteiger partial charge in [0.1, 0.15) is 24.2 Å². The molecule has 2 saturated heterocycles. The van der Waals surface area contributed by atoms with Crippen LogP contribution in [0.5, 0.6) is 11.6 Å². The van der Waals surface area contributed by atoms with Gasteiger partial charge in [-0.3, -0.25) is 4.79 Å². The minimum atomic E-state index is -0.998. The molecule has 11 nitrogen and oxygen atoms in total. The Morgan fingerprint density at radius 2 is 1.93 bits per heavy atom. The fourth-order valence-corrected chi connectivity index (χ4v) is 7.54. The summed E-state index contributed by atoms with van der Waals surface area (Å²) in [6.07, 6.45) is 11.6. The van der Waals surface area contributed by atoms with Gasteiger partial charge in [0.2, 0.25) is 5.88 Å². The topological polar surface area (TPSA) is 138 Å². The lowest BCUT2D eigenvalue weighted by Crippen LogP contribution is -2.69. The van der Waals surface area contributed by atoms with Crippen LogP contribution in [0.4, 0.5) is 5.82 Å². The van der Waals surface area contributed by atoms with Crippen molar-refractivity contribution >= 4 is 17.2 Å². The lowest BCUT2D eigenvalue weighted by molar-refractivity contribution is 0.0283. The van der Waals surface area contributed by atoms with E-state index in [9.17, 15) is 15.2 Å². The van der Waals surface area contributed by atoms with E-state index >= 15 is 0 Å². The molecule has 44 heavy (non-hydrogen) atoms. The van der Waals surface area contributed by atoms with E-state index in [0.29, 0.717) is 46.3 Å². The molecule has 11 heteroatoms. The first-order valence-electron chi connectivity index (χ1n) is 15.0. The highest BCUT2D eigenvalue weighted by Gasteiger charge is 2.55. The second kappa shape index (κ2) is 10.5. The molecule has 0 radical (unpaired) electrons. The number of fused-ring (bicyclic) bond motifs is 1. The smallest absolute Gasteiger partial charge is 0.253 e. The molecule has 8 rings (SSSR count). The number of piperidine rings is 2. The maximum atomic E-state index is 13.2. The zero-order chi connectivity index (χ0) is 30.6. The maximum absolute atomic E-state index is 13.2. The van der Waals surface area contributed by atoms with Crippen molar-refractivity contribution in [1.29, 1.82) is 5.26 Å². The number of hydrogen-bond acceptors (Lipinski definition) is 9. The normalized spacial score (nSPS) is 23.9. The van der Waals surface area contributed by atoms with Crippen molar-refractivity contribution < 1.29 is 19.4 Å². The van der Waals surface area contributed by atoms with Crippen LogP contribution in [0.3, 0.4) is 0 Å². The molecule has 4 fully saturated rings. The number of aliphatic hydroxyl groups is 1. The number of anilines is 1. The van der Waals surface area contributed by atoms with Crippen molar-refractivity contribution in [2.45, 2.75) is 69.2 Å². The molecule has 2 aliphatic carbocycles. The summed E-state index contributed by atoms with van der Waals surface area (Å²) < 4.78 is 12.7.